The van der Waals surface area contributed by atoms with Crippen LogP contribution in [0.1, 0.15) is 48.1 Å². The second-order valence-corrected chi connectivity index (χ2v) is 7.39. The van der Waals surface area contributed by atoms with Gasteiger partial charge in [-0.3, -0.25) is 9.78 Å². The summed E-state index contributed by atoms with van der Waals surface area (Å²) in [6.45, 7) is 8.54. The average Bonchev–Trinajstić information content (AvgIpc) is 3.12. The molecule has 0 aliphatic carbocycles. The van der Waals surface area contributed by atoms with Gasteiger partial charge in [0.1, 0.15) is 5.76 Å². The van der Waals surface area contributed by atoms with Crippen molar-refractivity contribution in [3.05, 3.63) is 71.4 Å². The predicted octanol–water partition coefficient (Wildman–Crippen LogP) is 4.27. The minimum Gasteiger partial charge on any atom is -0.360 e. The molecule has 0 saturated heterocycles. The maximum absolute atomic E-state index is 12.3. The summed E-state index contributed by atoms with van der Waals surface area (Å²) in [6, 6.07) is 11.9. The first-order valence-electron chi connectivity index (χ1n) is 8.60. The van der Waals surface area contributed by atoms with Gasteiger partial charge in [-0.05, 0) is 41.3 Å². The topological polar surface area (TPSA) is 68.0 Å². The van der Waals surface area contributed by atoms with Gasteiger partial charge in [-0.2, -0.15) is 0 Å². The molecule has 0 aliphatic rings. The molecule has 3 rings (SSSR count). The molecule has 2 heterocycles. The van der Waals surface area contributed by atoms with Crippen LogP contribution in [0.25, 0.3) is 11.1 Å². The third-order valence-corrected chi connectivity index (χ3v) is 4.28. The van der Waals surface area contributed by atoms with Gasteiger partial charge in [0.2, 0.25) is 0 Å². The summed E-state index contributed by atoms with van der Waals surface area (Å²) in [5, 5.41) is 6.79. The summed E-state index contributed by atoms with van der Waals surface area (Å²) < 4.78 is 5.27. The number of aromatic nitrogens is 2. The quantitative estimate of drug-likeness (QED) is 0.764. The van der Waals surface area contributed by atoms with E-state index in [0.717, 1.165) is 22.3 Å². The zero-order valence-electron chi connectivity index (χ0n) is 15.5. The Hall–Kier alpha value is -2.95. The minimum absolute atomic E-state index is 0.176. The number of nitrogens with zero attached hydrogens (tertiary/aromatic N) is 2. The summed E-state index contributed by atoms with van der Waals surface area (Å²) in [4.78, 5) is 16.4. The van der Waals surface area contributed by atoms with Crippen LogP contribution in [0.3, 0.4) is 0 Å². The van der Waals surface area contributed by atoms with Gasteiger partial charge in [0.15, 0.2) is 5.69 Å². The zero-order valence-corrected chi connectivity index (χ0v) is 15.5. The zero-order chi connectivity index (χ0) is 18.7. The summed E-state index contributed by atoms with van der Waals surface area (Å²) in [5.74, 6) is 0.461. The van der Waals surface area contributed by atoms with Gasteiger partial charge < -0.3 is 9.84 Å². The minimum atomic E-state index is -0.234. The van der Waals surface area contributed by atoms with E-state index < -0.39 is 0 Å². The van der Waals surface area contributed by atoms with Gasteiger partial charge in [0.05, 0.1) is 0 Å². The molecule has 0 bridgehead atoms. The van der Waals surface area contributed by atoms with Crippen molar-refractivity contribution in [2.75, 3.05) is 0 Å². The normalized spacial score (nSPS) is 11.4. The molecule has 0 saturated carbocycles. The molecule has 0 unspecified atom stereocenters. The summed E-state index contributed by atoms with van der Waals surface area (Å²) >= 11 is 0. The average molecular weight is 349 g/mol. The van der Waals surface area contributed by atoms with Gasteiger partial charge in [-0.15, -0.1) is 0 Å². The first-order chi connectivity index (χ1) is 12.3. The van der Waals surface area contributed by atoms with Crippen LogP contribution in [0.2, 0.25) is 0 Å². The van der Waals surface area contributed by atoms with Gasteiger partial charge in [0, 0.05) is 30.4 Å². The molecular weight excluding hydrogens is 326 g/mol. The Morgan fingerprint density at radius 2 is 1.81 bits per heavy atom. The van der Waals surface area contributed by atoms with Crippen molar-refractivity contribution in [3.8, 4) is 11.1 Å². The fourth-order valence-corrected chi connectivity index (χ4v) is 2.62. The molecule has 0 atom stereocenters. The third kappa shape index (κ3) is 3.99. The highest BCUT2D eigenvalue weighted by Gasteiger charge is 2.22. The van der Waals surface area contributed by atoms with Gasteiger partial charge in [-0.1, -0.05) is 44.1 Å². The van der Waals surface area contributed by atoms with E-state index in [1.165, 1.54) is 0 Å². The number of carbonyl (C=O) groups is 1. The standard InChI is InChI=1S/C21H23N3O2/c1-14-11-16(15-7-9-22-10-8-15)5-6-17(14)13-23-20(25)18-12-19(26-24-18)21(2,3)4/h5-12H,13H2,1-4H3,(H,23,25). The number of aryl methyl sites for hydroxylation is 1. The van der Waals surface area contributed by atoms with E-state index in [1.807, 2.05) is 45.9 Å². The van der Waals surface area contributed by atoms with Gasteiger partial charge in [0.25, 0.3) is 5.91 Å². The molecule has 2 aromatic heterocycles. The predicted molar refractivity (Wildman–Crippen MR) is 101 cm³/mol. The van der Waals surface area contributed by atoms with Crippen LogP contribution in [0.5, 0.6) is 0 Å². The maximum Gasteiger partial charge on any atom is 0.273 e. The van der Waals surface area contributed by atoms with Crippen LogP contribution in [0, 0.1) is 6.92 Å². The van der Waals surface area contributed by atoms with Crippen LogP contribution in [-0.4, -0.2) is 16.0 Å². The molecule has 3 aromatic rings. The summed E-state index contributed by atoms with van der Waals surface area (Å²) in [5.41, 5.74) is 4.57. The van der Waals surface area contributed by atoms with Crippen LogP contribution in [0.4, 0.5) is 0 Å². The number of hydrogen-bond donors (Lipinski definition) is 1. The fourth-order valence-electron chi connectivity index (χ4n) is 2.62. The Labute approximate surface area is 153 Å². The van der Waals surface area contributed by atoms with Crippen molar-refractivity contribution in [2.24, 2.45) is 0 Å². The van der Waals surface area contributed by atoms with E-state index in [9.17, 15) is 4.79 Å². The van der Waals surface area contributed by atoms with E-state index in [4.69, 9.17) is 4.52 Å². The smallest absolute Gasteiger partial charge is 0.273 e. The number of rotatable bonds is 4. The molecule has 5 nitrogen and oxygen atoms in total. The molecule has 134 valence electrons. The molecule has 1 aromatic carbocycles. The maximum atomic E-state index is 12.3. The number of pyridine rings is 1. The van der Waals surface area contributed by atoms with Crippen LogP contribution in [-0.2, 0) is 12.0 Å². The first-order valence-corrected chi connectivity index (χ1v) is 8.60. The Kier molecular flexibility index (Phi) is 4.89. The van der Waals surface area contributed by atoms with E-state index in [0.29, 0.717) is 18.0 Å². The second-order valence-electron chi connectivity index (χ2n) is 7.39. The largest absolute Gasteiger partial charge is 0.360 e. The monoisotopic (exact) mass is 349 g/mol. The Morgan fingerprint density at radius 1 is 1.08 bits per heavy atom. The number of amides is 1. The molecule has 0 radical (unpaired) electrons. The summed E-state index contributed by atoms with van der Waals surface area (Å²) in [6.07, 6.45) is 3.56. The Bertz CT molecular complexity index is 909. The number of hydrogen-bond acceptors (Lipinski definition) is 4. The SMILES string of the molecule is Cc1cc(-c2ccncc2)ccc1CNC(=O)c1cc(C(C)(C)C)on1. The van der Waals surface area contributed by atoms with Crippen molar-refractivity contribution in [2.45, 2.75) is 39.7 Å². The van der Waals surface area contributed by atoms with E-state index in [-0.39, 0.29) is 11.3 Å². The van der Waals surface area contributed by atoms with Gasteiger partial charge >= 0.3 is 0 Å². The lowest BCUT2D eigenvalue weighted by molar-refractivity contribution is 0.0941. The molecule has 0 spiro atoms. The second kappa shape index (κ2) is 7.12. The number of nitrogens with one attached hydrogen (secondary N) is 1. The molecule has 1 N–H and O–H groups in total. The highest BCUT2D eigenvalue weighted by atomic mass is 16.5. The molecule has 1 amide bonds. The van der Waals surface area contributed by atoms with Crippen molar-refractivity contribution in [1.82, 2.24) is 15.5 Å². The highest BCUT2D eigenvalue weighted by Crippen LogP contribution is 2.23. The molecule has 5 heteroatoms. The molecule has 26 heavy (non-hydrogen) atoms. The van der Waals surface area contributed by atoms with Crippen LogP contribution >= 0.6 is 0 Å². The van der Waals surface area contributed by atoms with Gasteiger partial charge in [-0.25, -0.2) is 0 Å². The van der Waals surface area contributed by atoms with Crippen molar-refractivity contribution >= 4 is 5.91 Å². The number of benzene rings is 1. The van der Waals surface area contributed by atoms with Crippen molar-refractivity contribution in [3.63, 3.8) is 0 Å². The van der Waals surface area contributed by atoms with E-state index >= 15 is 0 Å². The lowest BCUT2D eigenvalue weighted by Crippen LogP contribution is -2.23. The van der Waals surface area contributed by atoms with Crippen LogP contribution in [0.15, 0.2) is 53.3 Å². The fraction of sp³-hybridized carbons (Fsp3) is 0.286. The Morgan fingerprint density at radius 3 is 2.42 bits per heavy atom. The van der Waals surface area contributed by atoms with Crippen LogP contribution < -0.4 is 5.32 Å². The molecule has 0 fully saturated rings. The van der Waals surface area contributed by atoms with E-state index in [2.05, 4.69) is 27.6 Å². The lowest BCUT2D eigenvalue weighted by atomic mass is 9.93. The third-order valence-electron chi connectivity index (χ3n) is 4.28. The highest BCUT2D eigenvalue weighted by molar-refractivity contribution is 5.92. The molecular formula is C21H23N3O2. The van der Waals surface area contributed by atoms with Crippen molar-refractivity contribution in [1.29, 1.82) is 0 Å². The first kappa shape index (κ1) is 17.9. The van der Waals surface area contributed by atoms with Crippen molar-refractivity contribution < 1.29 is 9.32 Å². The number of carbonyl (C=O) groups excluding carboxylic acids is 1. The summed E-state index contributed by atoms with van der Waals surface area (Å²) in [7, 11) is 0. The lowest BCUT2D eigenvalue weighted by Gasteiger charge is -2.12. The molecule has 0 aliphatic heterocycles. The van der Waals surface area contributed by atoms with E-state index in [1.54, 1.807) is 18.5 Å². The Balaban J connectivity index is 1.68.